The molecule has 24 heavy (non-hydrogen) atoms. The number of methoxy groups -OCH3 is 1. The van der Waals surface area contributed by atoms with E-state index in [1.807, 2.05) is 7.05 Å². The van der Waals surface area contributed by atoms with Crippen molar-refractivity contribution in [2.75, 3.05) is 53.6 Å². The number of hydrogen-bond acceptors (Lipinski definition) is 5. The molecule has 1 aromatic heterocycles. The van der Waals surface area contributed by atoms with Gasteiger partial charge in [0.25, 0.3) is 5.91 Å². The van der Waals surface area contributed by atoms with Crippen LogP contribution in [0.1, 0.15) is 16.9 Å². The zero-order chi connectivity index (χ0) is 17.5. The van der Waals surface area contributed by atoms with Gasteiger partial charge in [0.1, 0.15) is 0 Å². The molecule has 7 heteroatoms. The summed E-state index contributed by atoms with van der Waals surface area (Å²) in [5, 5.41) is 9.55. The lowest BCUT2D eigenvalue weighted by molar-refractivity contribution is 0.0442. The fraction of sp³-hybridized carbons (Fsp3) is 0.647. The van der Waals surface area contributed by atoms with Gasteiger partial charge in [0, 0.05) is 46.1 Å². The van der Waals surface area contributed by atoms with Gasteiger partial charge in [0.15, 0.2) is 11.5 Å². The van der Waals surface area contributed by atoms with E-state index >= 15 is 0 Å². The number of amides is 1. The van der Waals surface area contributed by atoms with Crippen molar-refractivity contribution < 1.29 is 19.0 Å². The number of aromatic nitrogens is 1. The van der Waals surface area contributed by atoms with E-state index in [4.69, 9.17) is 4.74 Å². The van der Waals surface area contributed by atoms with Crippen molar-refractivity contribution >= 4 is 5.91 Å². The third-order valence-electron chi connectivity index (χ3n) is 4.38. The number of piperidine rings is 1. The van der Waals surface area contributed by atoms with Crippen LogP contribution in [0, 0.1) is 17.7 Å². The normalized spacial score (nSPS) is 21.3. The highest BCUT2D eigenvalue weighted by Crippen LogP contribution is 2.24. The number of aliphatic hydroxyl groups excluding tert-OH is 1. The predicted octanol–water partition coefficient (Wildman–Crippen LogP) is 0.870. The van der Waals surface area contributed by atoms with Gasteiger partial charge in [-0.2, -0.15) is 0 Å². The fourth-order valence-corrected chi connectivity index (χ4v) is 3.22. The molecular formula is C17H26FN3O3. The van der Waals surface area contributed by atoms with Crippen molar-refractivity contribution in [1.29, 1.82) is 0 Å². The summed E-state index contributed by atoms with van der Waals surface area (Å²) in [6.07, 6.45) is 2.27. The molecule has 1 amide bonds. The Bertz CT molecular complexity index is 544. The van der Waals surface area contributed by atoms with Crippen molar-refractivity contribution in [1.82, 2.24) is 14.8 Å². The zero-order valence-corrected chi connectivity index (χ0v) is 14.3. The van der Waals surface area contributed by atoms with E-state index in [0.29, 0.717) is 19.7 Å². The van der Waals surface area contributed by atoms with Crippen LogP contribution in [0.25, 0.3) is 0 Å². The van der Waals surface area contributed by atoms with Gasteiger partial charge in [-0.05, 0) is 37.4 Å². The molecule has 2 atom stereocenters. The molecule has 2 heterocycles. The second-order valence-electron chi connectivity index (χ2n) is 6.45. The number of carbonyl (C=O) groups excluding carboxylic acids is 1. The quantitative estimate of drug-likeness (QED) is 0.798. The fourth-order valence-electron chi connectivity index (χ4n) is 3.22. The third kappa shape index (κ3) is 4.96. The molecule has 1 fully saturated rings. The molecule has 0 radical (unpaired) electrons. The van der Waals surface area contributed by atoms with Gasteiger partial charge in [-0.3, -0.25) is 4.79 Å². The first-order valence-electron chi connectivity index (χ1n) is 8.23. The second kappa shape index (κ2) is 9.05. The molecule has 1 N–H and O–H groups in total. The number of rotatable bonds is 7. The Morgan fingerprint density at radius 2 is 2.25 bits per heavy atom. The van der Waals surface area contributed by atoms with Crippen LogP contribution < -0.4 is 0 Å². The summed E-state index contributed by atoms with van der Waals surface area (Å²) in [7, 11) is 3.67. The molecule has 2 rings (SSSR count). The van der Waals surface area contributed by atoms with Crippen LogP contribution in [-0.2, 0) is 4.74 Å². The Hall–Kier alpha value is -1.57. The van der Waals surface area contributed by atoms with Gasteiger partial charge in [0.2, 0.25) is 0 Å². The second-order valence-corrected chi connectivity index (χ2v) is 6.45. The maximum absolute atomic E-state index is 13.8. The number of likely N-dealkylation sites (tertiary alicyclic amines) is 1. The smallest absolute Gasteiger partial charge is 0.275 e. The summed E-state index contributed by atoms with van der Waals surface area (Å²) < 4.78 is 18.9. The van der Waals surface area contributed by atoms with Crippen LogP contribution in [0.2, 0.25) is 0 Å². The maximum atomic E-state index is 13.8. The summed E-state index contributed by atoms with van der Waals surface area (Å²) in [4.78, 5) is 20.2. The standard InChI is InChI=1S/C17H26FN3O3/c1-20(6-7-24-2)9-13-8-14(12-22)11-21(10-13)17(23)16-15(18)4-3-5-19-16/h3-5,13-14,22H,6-12H2,1-2H3/t13-,14+/m1/s1. The molecule has 0 spiro atoms. The van der Waals surface area contributed by atoms with Crippen LogP contribution in [0.3, 0.4) is 0 Å². The minimum absolute atomic E-state index is 0.00954. The van der Waals surface area contributed by atoms with E-state index in [9.17, 15) is 14.3 Å². The molecule has 1 aromatic rings. The number of nitrogens with zero attached hydrogens (tertiary/aromatic N) is 3. The molecule has 1 aliphatic heterocycles. The molecule has 0 saturated carbocycles. The minimum Gasteiger partial charge on any atom is -0.396 e. The summed E-state index contributed by atoms with van der Waals surface area (Å²) in [6.45, 7) is 3.25. The number of aliphatic hydroxyl groups is 1. The third-order valence-corrected chi connectivity index (χ3v) is 4.38. The number of pyridine rings is 1. The Kier molecular flexibility index (Phi) is 7.08. The first-order valence-corrected chi connectivity index (χ1v) is 8.23. The van der Waals surface area contributed by atoms with E-state index in [1.54, 1.807) is 12.0 Å². The summed E-state index contributed by atoms with van der Waals surface area (Å²) in [5.74, 6) is -0.776. The highest BCUT2D eigenvalue weighted by Gasteiger charge is 2.32. The number of halogens is 1. The van der Waals surface area contributed by atoms with Gasteiger partial charge < -0.3 is 19.6 Å². The van der Waals surface area contributed by atoms with Crippen molar-refractivity contribution in [2.24, 2.45) is 11.8 Å². The lowest BCUT2D eigenvalue weighted by Gasteiger charge is -2.38. The van der Waals surface area contributed by atoms with Gasteiger partial charge in [-0.15, -0.1) is 0 Å². The molecule has 134 valence electrons. The average Bonchev–Trinajstić information content (AvgIpc) is 2.59. The van der Waals surface area contributed by atoms with E-state index in [2.05, 4.69) is 9.88 Å². The van der Waals surface area contributed by atoms with Crippen LogP contribution in [0.15, 0.2) is 18.3 Å². The van der Waals surface area contributed by atoms with Crippen LogP contribution in [-0.4, -0.2) is 79.3 Å². The number of hydrogen-bond donors (Lipinski definition) is 1. The molecule has 1 saturated heterocycles. The van der Waals surface area contributed by atoms with E-state index in [0.717, 1.165) is 19.5 Å². The van der Waals surface area contributed by atoms with Crippen molar-refractivity contribution in [3.63, 3.8) is 0 Å². The van der Waals surface area contributed by atoms with Gasteiger partial charge in [0.05, 0.1) is 6.61 Å². The van der Waals surface area contributed by atoms with Crippen LogP contribution in [0.5, 0.6) is 0 Å². The van der Waals surface area contributed by atoms with Gasteiger partial charge in [-0.25, -0.2) is 9.37 Å². The van der Waals surface area contributed by atoms with Gasteiger partial charge in [-0.1, -0.05) is 0 Å². The lowest BCUT2D eigenvalue weighted by Crippen LogP contribution is -2.48. The number of likely N-dealkylation sites (N-methyl/N-ethyl adjacent to an activating group) is 1. The SMILES string of the molecule is COCCN(C)C[C@H]1C[C@H](CO)CN(C(=O)c2ncccc2F)C1. The highest BCUT2D eigenvalue weighted by atomic mass is 19.1. The van der Waals surface area contributed by atoms with Crippen LogP contribution in [0.4, 0.5) is 4.39 Å². The van der Waals surface area contributed by atoms with E-state index in [1.165, 1.54) is 18.3 Å². The molecule has 1 aliphatic rings. The molecule has 6 nitrogen and oxygen atoms in total. The minimum atomic E-state index is -0.609. The van der Waals surface area contributed by atoms with E-state index in [-0.39, 0.29) is 24.1 Å². The van der Waals surface area contributed by atoms with Crippen molar-refractivity contribution in [2.45, 2.75) is 6.42 Å². The summed E-state index contributed by atoms with van der Waals surface area (Å²) in [6, 6.07) is 2.70. The molecule has 0 unspecified atom stereocenters. The Labute approximate surface area is 142 Å². The first-order chi connectivity index (χ1) is 11.5. The Balaban J connectivity index is 2.04. The summed E-state index contributed by atoms with van der Waals surface area (Å²) in [5.41, 5.74) is -0.150. The lowest BCUT2D eigenvalue weighted by atomic mass is 9.89. The highest BCUT2D eigenvalue weighted by molar-refractivity contribution is 5.92. The first kappa shape index (κ1) is 18.8. The maximum Gasteiger partial charge on any atom is 0.275 e. The average molecular weight is 339 g/mol. The van der Waals surface area contributed by atoms with Crippen LogP contribution >= 0.6 is 0 Å². The van der Waals surface area contributed by atoms with Crippen molar-refractivity contribution in [3.8, 4) is 0 Å². The Morgan fingerprint density at radius 1 is 1.50 bits per heavy atom. The van der Waals surface area contributed by atoms with Gasteiger partial charge >= 0.3 is 0 Å². The zero-order valence-electron chi connectivity index (χ0n) is 14.3. The number of carbonyl (C=O) groups is 1. The number of ether oxygens (including phenoxy) is 1. The Morgan fingerprint density at radius 3 is 2.92 bits per heavy atom. The monoisotopic (exact) mass is 339 g/mol. The predicted molar refractivity (Wildman–Crippen MR) is 88.2 cm³/mol. The molecular weight excluding hydrogens is 313 g/mol. The van der Waals surface area contributed by atoms with Crippen molar-refractivity contribution in [3.05, 3.63) is 29.8 Å². The molecule has 0 aromatic carbocycles. The summed E-state index contributed by atoms with van der Waals surface area (Å²) >= 11 is 0. The molecule has 0 bridgehead atoms. The largest absolute Gasteiger partial charge is 0.396 e. The topological polar surface area (TPSA) is 65.9 Å². The molecule has 0 aliphatic carbocycles. The van der Waals surface area contributed by atoms with E-state index < -0.39 is 11.7 Å².